The number of aryl methyl sites for hydroxylation is 1. The first-order valence-electron chi connectivity index (χ1n) is 8.77. The molecule has 0 atom stereocenters. The second-order valence-corrected chi connectivity index (χ2v) is 10.2. The van der Waals surface area contributed by atoms with E-state index in [1.165, 1.54) is 11.1 Å². The Hall–Kier alpha value is -2.27. The van der Waals surface area contributed by atoms with Crippen LogP contribution in [0.25, 0.3) is 0 Å². The fourth-order valence-corrected chi connectivity index (χ4v) is 5.23. The molecule has 3 aromatic rings. The number of sulfonamides is 1. The number of anilines is 1. The van der Waals surface area contributed by atoms with Gasteiger partial charge in [-0.1, -0.05) is 59.4 Å². The van der Waals surface area contributed by atoms with Crippen LogP contribution in [-0.4, -0.2) is 36.8 Å². The first-order chi connectivity index (χ1) is 13.9. The molecule has 0 saturated carbocycles. The molecule has 152 valence electrons. The van der Waals surface area contributed by atoms with Gasteiger partial charge < -0.3 is 0 Å². The van der Waals surface area contributed by atoms with Crippen molar-refractivity contribution in [3.63, 3.8) is 0 Å². The molecule has 1 amide bonds. The molecule has 0 bridgehead atoms. The summed E-state index contributed by atoms with van der Waals surface area (Å²) in [5, 5.41) is 10.1. The number of amides is 1. The maximum absolute atomic E-state index is 12.3. The van der Waals surface area contributed by atoms with E-state index in [0.717, 1.165) is 17.1 Å². The molecular formula is C19H20N4O3S3. The van der Waals surface area contributed by atoms with Crippen LogP contribution in [0.3, 0.4) is 0 Å². The molecule has 7 nitrogen and oxygen atoms in total. The van der Waals surface area contributed by atoms with Gasteiger partial charge in [0.05, 0.1) is 0 Å². The number of benzene rings is 2. The number of hydrogen-bond donors (Lipinski definition) is 2. The molecule has 1 aromatic heterocycles. The molecule has 0 radical (unpaired) electrons. The summed E-state index contributed by atoms with van der Waals surface area (Å²) in [5.74, 6) is 1.08. The standard InChI is InChI=1S/C19H20N4O3S3/c1-14-7-9-15(10-8-14)13-27-12-11-20-29(25,26)19-23-22-18(28-19)21-17(24)16-5-3-2-4-6-16/h2-10,20H,11-13H2,1H3,(H,21,22,24). The molecule has 0 unspecified atom stereocenters. The summed E-state index contributed by atoms with van der Waals surface area (Å²) in [5.41, 5.74) is 2.87. The van der Waals surface area contributed by atoms with Crippen LogP contribution in [0.4, 0.5) is 5.13 Å². The average Bonchev–Trinajstić information content (AvgIpc) is 3.19. The van der Waals surface area contributed by atoms with E-state index >= 15 is 0 Å². The van der Waals surface area contributed by atoms with Crippen molar-refractivity contribution in [1.29, 1.82) is 0 Å². The van der Waals surface area contributed by atoms with Crippen molar-refractivity contribution in [1.82, 2.24) is 14.9 Å². The molecule has 0 fully saturated rings. The van der Waals surface area contributed by atoms with E-state index < -0.39 is 10.0 Å². The molecule has 0 aliphatic carbocycles. The summed E-state index contributed by atoms with van der Waals surface area (Å²) < 4.78 is 27.0. The van der Waals surface area contributed by atoms with Crippen molar-refractivity contribution in [3.8, 4) is 0 Å². The number of nitrogens with one attached hydrogen (secondary N) is 2. The molecule has 0 saturated heterocycles. The first-order valence-corrected chi connectivity index (χ1v) is 12.2. The summed E-state index contributed by atoms with van der Waals surface area (Å²) in [4.78, 5) is 12.1. The largest absolute Gasteiger partial charge is 0.296 e. The van der Waals surface area contributed by atoms with Crippen LogP contribution in [0, 0.1) is 6.92 Å². The van der Waals surface area contributed by atoms with Crippen molar-refractivity contribution >= 4 is 44.2 Å². The molecule has 29 heavy (non-hydrogen) atoms. The number of carbonyl (C=O) groups excluding carboxylic acids is 1. The lowest BCUT2D eigenvalue weighted by molar-refractivity contribution is 0.102. The number of rotatable bonds is 9. The summed E-state index contributed by atoms with van der Waals surface area (Å²) in [6, 6.07) is 16.9. The van der Waals surface area contributed by atoms with Crippen molar-refractivity contribution in [2.24, 2.45) is 0 Å². The molecule has 2 aromatic carbocycles. The molecule has 2 N–H and O–H groups in total. The zero-order chi connectivity index (χ0) is 20.7. The van der Waals surface area contributed by atoms with E-state index in [-0.39, 0.29) is 21.9 Å². The number of aromatic nitrogens is 2. The topological polar surface area (TPSA) is 101 Å². The zero-order valence-corrected chi connectivity index (χ0v) is 18.1. The van der Waals surface area contributed by atoms with Gasteiger partial charge >= 0.3 is 0 Å². The van der Waals surface area contributed by atoms with E-state index in [2.05, 4.69) is 44.5 Å². The van der Waals surface area contributed by atoms with E-state index in [0.29, 0.717) is 11.3 Å². The van der Waals surface area contributed by atoms with E-state index in [9.17, 15) is 13.2 Å². The van der Waals surface area contributed by atoms with Crippen LogP contribution in [0.1, 0.15) is 21.5 Å². The SMILES string of the molecule is Cc1ccc(CSCCNS(=O)(=O)c2nnc(NC(=O)c3ccccc3)s2)cc1. The highest BCUT2D eigenvalue weighted by molar-refractivity contribution is 7.98. The summed E-state index contributed by atoms with van der Waals surface area (Å²) in [6.07, 6.45) is 0. The normalized spacial score (nSPS) is 11.3. The Morgan fingerprint density at radius 2 is 1.79 bits per heavy atom. The lowest BCUT2D eigenvalue weighted by Gasteiger charge is -2.04. The number of hydrogen-bond acceptors (Lipinski definition) is 7. The molecule has 0 aliphatic heterocycles. The number of carbonyl (C=O) groups is 1. The molecule has 3 rings (SSSR count). The third-order valence-electron chi connectivity index (χ3n) is 3.82. The van der Waals surface area contributed by atoms with Crippen LogP contribution in [0.2, 0.25) is 0 Å². The lowest BCUT2D eigenvalue weighted by atomic mass is 10.2. The van der Waals surface area contributed by atoms with Gasteiger partial charge in [-0.2, -0.15) is 11.8 Å². The van der Waals surface area contributed by atoms with Crippen LogP contribution in [0.5, 0.6) is 0 Å². The highest BCUT2D eigenvalue weighted by atomic mass is 32.2. The summed E-state index contributed by atoms with van der Waals surface area (Å²) in [6.45, 7) is 2.32. The second-order valence-electron chi connectivity index (χ2n) is 6.13. The van der Waals surface area contributed by atoms with Gasteiger partial charge in [0, 0.05) is 23.6 Å². The Labute approximate surface area is 178 Å². The minimum atomic E-state index is -3.76. The molecule has 1 heterocycles. The monoisotopic (exact) mass is 448 g/mol. The molecular weight excluding hydrogens is 428 g/mol. The fraction of sp³-hybridized carbons (Fsp3) is 0.211. The van der Waals surface area contributed by atoms with E-state index in [4.69, 9.17) is 0 Å². The Morgan fingerprint density at radius 3 is 2.52 bits per heavy atom. The van der Waals surface area contributed by atoms with Crippen molar-refractivity contribution in [2.45, 2.75) is 17.0 Å². The van der Waals surface area contributed by atoms with Gasteiger partial charge in [-0.25, -0.2) is 13.1 Å². The van der Waals surface area contributed by atoms with Gasteiger partial charge in [0.15, 0.2) is 0 Å². The number of thioether (sulfide) groups is 1. The smallest absolute Gasteiger partial charge is 0.269 e. The zero-order valence-electron chi connectivity index (χ0n) is 15.7. The van der Waals surface area contributed by atoms with Crippen LogP contribution >= 0.6 is 23.1 Å². The third kappa shape index (κ3) is 6.36. The van der Waals surface area contributed by atoms with E-state index in [1.54, 1.807) is 42.1 Å². The van der Waals surface area contributed by atoms with Gasteiger partial charge in [-0.15, -0.1) is 10.2 Å². The predicted octanol–water partition coefficient (Wildman–Crippen LogP) is 3.31. The van der Waals surface area contributed by atoms with Crippen LogP contribution < -0.4 is 10.0 Å². The van der Waals surface area contributed by atoms with Gasteiger partial charge in [-0.3, -0.25) is 10.1 Å². The lowest BCUT2D eigenvalue weighted by Crippen LogP contribution is -2.26. The molecule has 0 spiro atoms. The van der Waals surface area contributed by atoms with Crippen molar-refractivity contribution < 1.29 is 13.2 Å². The minimum Gasteiger partial charge on any atom is -0.296 e. The van der Waals surface area contributed by atoms with Crippen molar-refractivity contribution in [3.05, 3.63) is 71.3 Å². The summed E-state index contributed by atoms with van der Waals surface area (Å²) in [7, 11) is -3.76. The van der Waals surface area contributed by atoms with Gasteiger partial charge in [-0.05, 0) is 24.6 Å². The van der Waals surface area contributed by atoms with E-state index in [1.807, 2.05) is 6.92 Å². The van der Waals surface area contributed by atoms with Crippen LogP contribution in [0.15, 0.2) is 58.9 Å². The highest BCUT2D eigenvalue weighted by Crippen LogP contribution is 2.20. The Bertz CT molecular complexity index is 1050. The predicted molar refractivity (Wildman–Crippen MR) is 117 cm³/mol. The Kier molecular flexibility index (Phi) is 7.37. The number of nitrogens with zero attached hydrogens (tertiary/aromatic N) is 2. The Morgan fingerprint density at radius 1 is 1.07 bits per heavy atom. The molecule has 10 heteroatoms. The fourth-order valence-electron chi connectivity index (χ4n) is 2.31. The maximum atomic E-state index is 12.3. The quantitative estimate of drug-likeness (QED) is 0.385. The second kappa shape index (κ2) is 9.97. The summed E-state index contributed by atoms with van der Waals surface area (Å²) >= 11 is 2.46. The minimum absolute atomic E-state index is 0.132. The van der Waals surface area contributed by atoms with Gasteiger partial charge in [0.1, 0.15) is 0 Å². The Balaban J connectivity index is 1.47. The van der Waals surface area contributed by atoms with Crippen LogP contribution in [-0.2, 0) is 15.8 Å². The van der Waals surface area contributed by atoms with Gasteiger partial charge in [0.2, 0.25) is 9.47 Å². The van der Waals surface area contributed by atoms with Gasteiger partial charge in [0.25, 0.3) is 15.9 Å². The highest BCUT2D eigenvalue weighted by Gasteiger charge is 2.20. The molecule has 0 aliphatic rings. The first kappa shape index (κ1) is 21.4. The average molecular weight is 449 g/mol. The third-order valence-corrected chi connectivity index (χ3v) is 7.52. The maximum Gasteiger partial charge on any atom is 0.269 e. The van der Waals surface area contributed by atoms with Crippen molar-refractivity contribution in [2.75, 3.05) is 17.6 Å².